The van der Waals surface area contributed by atoms with Crippen LogP contribution in [0.1, 0.15) is 49.9 Å². The van der Waals surface area contributed by atoms with E-state index in [0.29, 0.717) is 17.3 Å². The Labute approximate surface area is 189 Å². The quantitative estimate of drug-likeness (QED) is 0.480. The van der Waals surface area contributed by atoms with Crippen LogP contribution in [0.15, 0.2) is 36.5 Å². The molecule has 1 N–H and O–H groups in total. The lowest BCUT2D eigenvalue weighted by Gasteiger charge is -2.37. The number of pyridine rings is 1. The standard InChI is InChI=1S/C24H31ClN4O2/c1-3-23-27-21-15-26-22(25)14-20(21)24(30)29(23)18-7-9-19(10-8-18)31-13-5-12-28-11-4-6-17(2)16-28/h7-10,14-15,17,23,27H,3-6,11-13,16H2,1-2H3/t17-,23?/m0/s1. The molecule has 1 aromatic carbocycles. The van der Waals surface area contributed by atoms with Gasteiger partial charge in [-0.25, -0.2) is 4.98 Å². The third-order valence-corrected chi connectivity index (χ3v) is 6.29. The summed E-state index contributed by atoms with van der Waals surface area (Å²) >= 11 is 6.01. The second-order valence-electron chi connectivity index (χ2n) is 8.54. The molecule has 0 bridgehead atoms. The van der Waals surface area contributed by atoms with Crippen molar-refractivity contribution < 1.29 is 9.53 Å². The minimum absolute atomic E-state index is 0.0747. The SMILES string of the molecule is CCC1Nc2cnc(Cl)cc2C(=O)N1c1ccc(OCCCN2CCC[C@H](C)C2)cc1. The molecule has 31 heavy (non-hydrogen) atoms. The van der Waals surface area contributed by atoms with Crippen molar-refractivity contribution in [2.45, 2.75) is 45.7 Å². The summed E-state index contributed by atoms with van der Waals surface area (Å²) in [5.41, 5.74) is 2.09. The zero-order valence-corrected chi connectivity index (χ0v) is 19.1. The minimum Gasteiger partial charge on any atom is -0.494 e. The molecule has 1 saturated heterocycles. The molecular formula is C24H31ClN4O2. The van der Waals surface area contributed by atoms with Gasteiger partial charge in [0.15, 0.2) is 0 Å². The number of piperidine rings is 1. The maximum Gasteiger partial charge on any atom is 0.262 e. The first-order chi connectivity index (χ1) is 15.0. The Morgan fingerprint density at radius 2 is 2.10 bits per heavy atom. The summed E-state index contributed by atoms with van der Waals surface area (Å²) < 4.78 is 5.95. The van der Waals surface area contributed by atoms with E-state index in [9.17, 15) is 4.79 Å². The van der Waals surface area contributed by atoms with Crippen LogP contribution in [-0.2, 0) is 0 Å². The highest BCUT2D eigenvalue weighted by atomic mass is 35.5. The van der Waals surface area contributed by atoms with Crippen LogP contribution in [0.5, 0.6) is 5.75 Å². The van der Waals surface area contributed by atoms with Crippen molar-refractivity contribution in [3.63, 3.8) is 0 Å². The van der Waals surface area contributed by atoms with E-state index in [2.05, 4.69) is 22.1 Å². The minimum atomic E-state index is -0.137. The average molecular weight is 443 g/mol. The van der Waals surface area contributed by atoms with Crippen LogP contribution in [0.3, 0.4) is 0 Å². The molecule has 1 amide bonds. The lowest BCUT2D eigenvalue weighted by Crippen LogP contribution is -2.48. The summed E-state index contributed by atoms with van der Waals surface area (Å²) in [4.78, 5) is 21.6. The second kappa shape index (κ2) is 9.88. The Morgan fingerprint density at radius 1 is 1.29 bits per heavy atom. The van der Waals surface area contributed by atoms with Crippen LogP contribution in [-0.4, -0.2) is 48.2 Å². The fraction of sp³-hybridized carbons (Fsp3) is 0.500. The van der Waals surface area contributed by atoms with Crippen molar-refractivity contribution in [1.82, 2.24) is 9.88 Å². The van der Waals surface area contributed by atoms with Crippen molar-refractivity contribution >= 4 is 28.9 Å². The van der Waals surface area contributed by atoms with Gasteiger partial charge in [-0.3, -0.25) is 9.69 Å². The van der Waals surface area contributed by atoms with Gasteiger partial charge in [-0.2, -0.15) is 0 Å². The van der Waals surface area contributed by atoms with E-state index in [4.69, 9.17) is 16.3 Å². The molecule has 0 aliphatic carbocycles. The molecular weight excluding hydrogens is 412 g/mol. The van der Waals surface area contributed by atoms with Crippen LogP contribution < -0.4 is 15.0 Å². The van der Waals surface area contributed by atoms with Gasteiger partial charge < -0.3 is 15.0 Å². The summed E-state index contributed by atoms with van der Waals surface area (Å²) in [6.45, 7) is 8.58. The number of aromatic nitrogens is 1. The Bertz CT molecular complexity index is 905. The van der Waals surface area contributed by atoms with Gasteiger partial charge in [0.2, 0.25) is 0 Å². The zero-order chi connectivity index (χ0) is 21.8. The third kappa shape index (κ3) is 5.13. The summed E-state index contributed by atoms with van der Waals surface area (Å²) in [6, 6.07) is 9.38. The zero-order valence-electron chi connectivity index (χ0n) is 18.3. The van der Waals surface area contributed by atoms with Crippen LogP contribution in [0.2, 0.25) is 5.15 Å². The Morgan fingerprint density at radius 3 is 2.84 bits per heavy atom. The molecule has 1 unspecified atom stereocenters. The molecule has 7 heteroatoms. The van der Waals surface area contributed by atoms with E-state index in [1.165, 1.54) is 25.9 Å². The smallest absolute Gasteiger partial charge is 0.262 e. The molecule has 6 nitrogen and oxygen atoms in total. The first kappa shape index (κ1) is 21.9. The fourth-order valence-electron chi connectivity index (χ4n) is 4.49. The van der Waals surface area contributed by atoms with Crippen LogP contribution in [0.4, 0.5) is 11.4 Å². The number of amides is 1. The Balaban J connectivity index is 1.36. The van der Waals surface area contributed by atoms with Crippen molar-refractivity contribution in [1.29, 1.82) is 0 Å². The predicted octanol–water partition coefficient (Wildman–Crippen LogP) is 5.04. The highest BCUT2D eigenvalue weighted by molar-refractivity contribution is 6.30. The second-order valence-corrected chi connectivity index (χ2v) is 8.93. The summed E-state index contributed by atoms with van der Waals surface area (Å²) in [5.74, 6) is 1.56. The normalized spacial score (nSPS) is 21.5. The van der Waals surface area contributed by atoms with Gasteiger partial charge in [-0.15, -0.1) is 0 Å². The number of likely N-dealkylation sites (tertiary alicyclic amines) is 1. The summed E-state index contributed by atoms with van der Waals surface area (Å²) in [7, 11) is 0. The summed E-state index contributed by atoms with van der Waals surface area (Å²) in [5, 5.41) is 3.70. The van der Waals surface area contributed by atoms with Gasteiger partial charge in [0.25, 0.3) is 5.91 Å². The number of nitrogens with zero attached hydrogens (tertiary/aromatic N) is 3. The molecule has 2 aromatic rings. The van der Waals surface area contributed by atoms with Gasteiger partial charge in [0, 0.05) is 18.8 Å². The molecule has 1 fully saturated rings. The lowest BCUT2D eigenvalue weighted by molar-refractivity contribution is 0.0974. The van der Waals surface area contributed by atoms with Gasteiger partial charge in [0.1, 0.15) is 17.1 Å². The van der Waals surface area contributed by atoms with E-state index in [1.54, 1.807) is 17.2 Å². The number of benzene rings is 1. The molecule has 4 rings (SSSR count). The first-order valence-corrected chi connectivity index (χ1v) is 11.6. The predicted molar refractivity (Wildman–Crippen MR) is 125 cm³/mol. The Hall–Kier alpha value is -2.31. The maximum absolute atomic E-state index is 13.2. The van der Waals surface area contributed by atoms with Gasteiger partial charge in [-0.1, -0.05) is 25.4 Å². The molecule has 0 radical (unpaired) electrons. The topological polar surface area (TPSA) is 57.7 Å². The van der Waals surface area contributed by atoms with Crippen molar-refractivity contribution in [2.75, 3.05) is 36.5 Å². The van der Waals surface area contributed by atoms with E-state index in [-0.39, 0.29) is 12.1 Å². The number of carbonyl (C=O) groups is 1. The van der Waals surface area contributed by atoms with E-state index < -0.39 is 0 Å². The monoisotopic (exact) mass is 442 g/mol. The summed E-state index contributed by atoms with van der Waals surface area (Å²) in [6.07, 6.45) is 5.93. The van der Waals surface area contributed by atoms with Gasteiger partial charge in [0.05, 0.1) is 24.1 Å². The maximum atomic E-state index is 13.2. The molecule has 166 valence electrons. The van der Waals surface area contributed by atoms with E-state index in [1.807, 2.05) is 31.2 Å². The number of rotatable bonds is 7. The molecule has 2 aliphatic heterocycles. The third-order valence-electron chi connectivity index (χ3n) is 6.08. The number of fused-ring (bicyclic) bond motifs is 1. The molecule has 3 heterocycles. The number of anilines is 2. The number of ether oxygens (including phenoxy) is 1. The Kier molecular flexibility index (Phi) is 6.98. The number of hydrogen-bond acceptors (Lipinski definition) is 5. The van der Waals surface area contributed by atoms with Crippen molar-refractivity contribution in [2.24, 2.45) is 5.92 Å². The highest BCUT2D eigenvalue weighted by Gasteiger charge is 2.32. The van der Waals surface area contributed by atoms with E-state index >= 15 is 0 Å². The molecule has 1 aromatic heterocycles. The first-order valence-electron chi connectivity index (χ1n) is 11.3. The number of nitrogens with one attached hydrogen (secondary N) is 1. The molecule has 2 aliphatic rings. The van der Waals surface area contributed by atoms with Crippen molar-refractivity contribution in [3.05, 3.63) is 47.2 Å². The number of halogens is 1. The largest absolute Gasteiger partial charge is 0.494 e. The van der Waals surface area contributed by atoms with Crippen LogP contribution in [0.25, 0.3) is 0 Å². The molecule has 0 spiro atoms. The van der Waals surface area contributed by atoms with Crippen LogP contribution >= 0.6 is 11.6 Å². The molecule has 0 saturated carbocycles. The lowest BCUT2D eigenvalue weighted by atomic mass is 10.0. The number of carbonyl (C=O) groups excluding carboxylic acids is 1. The number of hydrogen-bond donors (Lipinski definition) is 1. The van der Waals surface area contributed by atoms with Gasteiger partial charge >= 0.3 is 0 Å². The van der Waals surface area contributed by atoms with Gasteiger partial charge in [-0.05, 0) is 68.5 Å². The average Bonchev–Trinajstić information content (AvgIpc) is 2.78. The fourth-order valence-corrected chi connectivity index (χ4v) is 4.65. The highest BCUT2D eigenvalue weighted by Crippen LogP contribution is 2.32. The van der Waals surface area contributed by atoms with E-state index in [0.717, 1.165) is 42.4 Å². The van der Waals surface area contributed by atoms with Crippen molar-refractivity contribution in [3.8, 4) is 5.75 Å². The van der Waals surface area contributed by atoms with Crippen LogP contribution in [0, 0.1) is 5.92 Å². The molecule has 2 atom stereocenters.